The first-order chi connectivity index (χ1) is 20.1. The van der Waals surface area contributed by atoms with Crippen LogP contribution in [0.2, 0.25) is 0 Å². The van der Waals surface area contributed by atoms with E-state index in [9.17, 15) is 19.2 Å². The van der Waals surface area contributed by atoms with Gasteiger partial charge in [0.2, 0.25) is 0 Å². The van der Waals surface area contributed by atoms with Gasteiger partial charge < -0.3 is 9.47 Å². The van der Waals surface area contributed by atoms with Crippen molar-refractivity contribution in [3.05, 3.63) is 95.1 Å². The molecule has 0 saturated heterocycles. The van der Waals surface area contributed by atoms with Gasteiger partial charge in [0.1, 0.15) is 11.5 Å². The summed E-state index contributed by atoms with van der Waals surface area (Å²) in [6.07, 6.45) is 1.86. The molecular weight excluding hydrogens is 536 g/mol. The third kappa shape index (κ3) is 10.3. The molecule has 10 nitrogen and oxygen atoms in total. The molecular formula is C32H38N4O6. The predicted octanol–water partition coefficient (Wildman–Crippen LogP) is 4.69. The minimum atomic E-state index is -0.561. The van der Waals surface area contributed by atoms with E-state index in [1.165, 1.54) is 24.3 Å². The van der Waals surface area contributed by atoms with Gasteiger partial charge >= 0.3 is 0 Å². The van der Waals surface area contributed by atoms with E-state index in [1.807, 2.05) is 0 Å². The molecule has 0 aliphatic heterocycles. The molecule has 3 aromatic rings. The molecule has 0 heterocycles. The lowest BCUT2D eigenvalue weighted by atomic mass is 10.1. The maximum Gasteiger partial charge on any atom is 0.269 e. The Kier molecular flexibility index (Phi) is 11.9. The summed E-state index contributed by atoms with van der Waals surface area (Å²) in [4.78, 5) is 49.7. The first-order valence-corrected chi connectivity index (χ1v) is 13.9. The van der Waals surface area contributed by atoms with Crippen LogP contribution in [0.3, 0.4) is 0 Å². The zero-order valence-corrected chi connectivity index (χ0v) is 24.4. The SMILES string of the molecule is CC(C)CCOc1ccc(C(=O)NNC(=O)c2ccc(C(=O)NNC(=O)c3ccc(OCCC(C)C)cc3)cc2)cc1. The third-order valence-electron chi connectivity index (χ3n) is 6.15. The Morgan fingerprint density at radius 2 is 0.714 bits per heavy atom. The third-order valence-corrected chi connectivity index (χ3v) is 6.15. The number of rotatable bonds is 12. The number of carbonyl (C=O) groups is 4. The van der Waals surface area contributed by atoms with E-state index in [1.54, 1.807) is 48.5 Å². The maximum absolute atomic E-state index is 12.5. The van der Waals surface area contributed by atoms with Gasteiger partial charge in [-0.05, 0) is 97.5 Å². The molecule has 0 aliphatic carbocycles. The van der Waals surface area contributed by atoms with Crippen molar-refractivity contribution in [2.24, 2.45) is 11.8 Å². The Bertz CT molecular complexity index is 1230. The van der Waals surface area contributed by atoms with E-state index < -0.39 is 23.6 Å². The summed E-state index contributed by atoms with van der Waals surface area (Å²) in [5.74, 6) is 0.300. The highest BCUT2D eigenvalue weighted by Crippen LogP contribution is 2.15. The van der Waals surface area contributed by atoms with Crippen LogP contribution in [-0.4, -0.2) is 36.8 Å². The van der Waals surface area contributed by atoms with Gasteiger partial charge in [-0.25, -0.2) is 0 Å². The molecule has 10 heteroatoms. The van der Waals surface area contributed by atoms with Gasteiger partial charge in [-0.1, -0.05) is 27.7 Å². The fourth-order valence-electron chi connectivity index (χ4n) is 3.52. The standard InChI is InChI=1S/C32H38N4O6/c1-21(2)17-19-41-27-13-9-25(10-14-27)31(39)35-33-29(37)23-5-7-24(8-6-23)30(38)34-36-32(40)26-11-15-28(16-12-26)42-20-18-22(3)4/h5-16,21-22H,17-20H2,1-4H3,(H,33,37)(H,34,38)(H,35,39)(H,36,40). The minimum Gasteiger partial charge on any atom is -0.494 e. The molecule has 0 bridgehead atoms. The number of ether oxygens (including phenoxy) is 2. The van der Waals surface area contributed by atoms with Crippen LogP contribution in [0.1, 0.15) is 82.0 Å². The summed E-state index contributed by atoms with van der Waals surface area (Å²) >= 11 is 0. The van der Waals surface area contributed by atoms with E-state index in [4.69, 9.17) is 9.47 Å². The summed E-state index contributed by atoms with van der Waals surface area (Å²) < 4.78 is 11.3. The predicted molar refractivity (Wildman–Crippen MR) is 159 cm³/mol. The van der Waals surface area contributed by atoms with Crippen LogP contribution < -0.4 is 31.2 Å². The fraction of sp³-hybridized carbons (Fsp3) is 0.312. The lowest BCUT2D eigenvalue weighted by Gasteiger charge is -2.11. The summed E-state index contributed by atoms with van der Waals surface area (Å²) in [5.41, 5.74) is 10.6. The highest BCUT2D eigenvalue weighted by molar-refractivity contribution is 6.01. The van der Waals surface area contributed by atoms with Crippen molar-refractivity contribution in [2.75, 3.05) is 13.2 Å². The van der Waals surface area contributed by atoms with Crippen molar-refractivity contribution in [3.8, 4) is 11.5 Å². The number of hydrazine groups is 2. The number of hydrogen-bond acceptors (Lipinski definition) is 6. The van der Waals surface area contributed by atoms with Crippen LogP contribution in [0.5, 0.6) is 11.5 Å². The summed E-state index contributed by atoms with van der Waals surface area (Å²) in [6.45, 7) is 9.66. The monoisotopic (exact) mass is 574 g/mol. The fourth-order valence-corrected chi connectivity index (χ4v) is 3.52. The first-order valence-electron chi connectivity index (χ1n) is 13.9. The summed E-state index contributed by atoms with van der Waals surface area (Å²) in [6, 6.07) is 18.9. The van der Waals surface area contributed by atoms with E-state index in [-0.39, 0.29) is 11.1 Å². The van der Waals surface area contributed by atoms with Crippen molar-refractivity contribution in [2.45, 2.75) is 40.5 Å². The molecule has 3 aromatic carbocycles. The average molecular weight is 575 g/mol. The normalized spacial score (nSPS) is 10.6. The number of hydrogen-bond donors (Lipinski definition) is 4. The van der Waals surface area contributed by atoms with E-state index in [0.29, 0.717) is 47.7 Å². The Hall–Kier alpha value is -4.86. The molecule has 0 radical (unpaired) electrons. The molecule has 42 heavy (non-hydrogen) atoms. The van der Waals surface area contributed by atoms with Crippen molar-refractivity contribution < 1.29 is 28.7 Å². The van der Waals surface area contributed by atoms with Crippen LogP contribution in [0, 0.1) is 11.8 Å². The van der Waals surface area contributed by atoms with Crippen molar-refractivity contribution in [1.29, 1.82) is 0 Å². The summed E-state index contributed by atoms with van der Waals surface area (Å²) in [5, 5.41) is 0. The summed E-state index contributed by atoms with van der Waals surface area (Å²) in [7, 11) is 0. The van der Waals surface area contributed by atoms with Gasteiger partial charge in [-0.3, -0.25) is 40.9 Å². The zero-order valence-electron chi connectivity index (χ0n) is 24.4. The highest BCUT2D eigenvalue weighted by Gasteiger charge is 2.13. The van der Waals surface area contributed by atoms with Crippen LogP contribution in [0.15, 0.2) is 72.8 Å². The molecule has 222 valence electrons. The lowest BCUT2D eigenvalue weighted by molar-refractivity contribution is 0.0844. The quantitative estimate of drug-likeness (QED) is 0.232. The van der Waals surface area contributed by atoms with Gasteiger partial charge in [0.15, 0.2) is 0 Å². The van der Waals surface area contributed by atoms with E-state index in [0.717, 1.165) is 12.8 Å². The molecule has 0 atom stereocenters. The average Bonchev–Trinajstić information content (AvgIpc) is 2.98. The van der Waals surface area contributed by atoms with Gasteiger partial charge in [0, 0.05) is 22.3 Å². The maximum atomic E-state index is 12.5. The van der Waals surface area contributed by atoms with Gasteiger partial charge in [0.25, 0.3) is 23.6 Å². The molecule has 0 aromatic heterocycles. The van der Waals surface area contributed by atoms with Crippen LogP contribution in [-0.2, 0) is 0 Å². The second-order valence-electron chi connectivity index (χ2n) is 10.5. The molecule has 0 spiro atoms. The molecule has 0 fully saturated rings. The Morgan fingerprint density at radius 1 is 0.476 bits per heavy atom. The smallest absolute Gasteiger partial charge is 0.269 e. The highest BCUT2D eigenvalue weighted by atomic mass is 16.5. The van der Waals surface area contributed by atoms with Crippen LogP contribution in [0.25, 0.3) is 0 Å². The van der Waals surface area contributed by atoms with Crippen LogP contribution >= 0.6 is 0 Å². The first kappa shape index (κ1) is 31.7. The van der Waals surface area contributed by atoms with Gasteiger partial charge in [-0.15, -0.1) is 0 Å². The van der Waals surface area contributed by atoms with Crippen molar-refractivity contribution in [1.82, 2.24) is 21.7 Å². The largest absolute Gasteiger partial charge is 0.494 e. The van der Waals surface area contributed by atoms with E-state index in [2.05, 4.69) is 49.4 Å². The van der Waals surface area contributed by atoms with Crippen LogP contribution in [0.4, 0.5) is 0 Å². The van der Waals surface area contributed by atoms with Crippen molar-refractivity contribution >= 4 is 23.6 Å². The zero-order chi connectivity index (χ0) is 30.5. The number of amides is 4. The molecule has 4 N–H and O–H groups in total. The Labute approximate surface area is 246 Å². The van der Waals surface area contributed by atoms with Gasteiger partial charge in [0.05, 0.1) is 13.2 Å². The second kappa shape index (κ2) is 15.8. The molecule has 0 saturated carbocycles. The lowest BCUT2D eigenvalue weighted by Crippen LogP contribution is -2.42. The number of carbonyl (C=O) groups excluding carboxylic acids is 4. The number of nitrogens with one attached hydrogen (secondary N) is 4. The Balaban J connectivity index is 1.42. The molecule has 0 aliphatic rings. The second-order valence-corrected chi connectivity index (χ2v) is 10.5. The van der Waals surface area contributed by atoms with Gasteiger partial charge in [-0.2, -0.15) is 0 Å². The Morgan fingerprint density at radius 3 is 0.952 bits per heavy atom. The molecule has 4 amide bonds. The van der Waals surface area contributed by atoms with E-state index >= 15 is 0 Å². The minimum absolute atomic E-state index is 0.223. The molecule has 3 rings (SSSR count). The molecule has 0 unspecified atom stereocenters. The number of benzene rings is 3. The topological polar surface area (TPSA) is 135 Å². The van der Waals surface area contributed by atoms with Crippen molar-refractivity contribution in [3.63, 3.8) is 0 Å².